The molecule has 0 amide bonds. The van der Waals surface area contributed by atoms with Gasteiger partial charge in [0.1, 0.15) is 0 Å². The fraction of sp³-hybridized carbons (Fsp3) is 0.571. The SMILES string of the molecule is CCC1CCCN(c2ccc(Br)cc2CO)C1. The number of hydrogen-bond donors (Lipinski definition) is 1. The van der Waals surface area contributed by atoms with Crippen molar-refractivity contribution in [3.8, 4) is 0 Å². The van der Waals surface area contributed by atoms with Crippen LogP contribution >= 0.6 is 15.9 Å². The first kappa shape index (κ1) is 12.9. The maximum absolute atomic E-state index is 9.45. The van der Waals surface area contributed by atoms with E-state index in [0.29, 0.717) is 0 Å². The number of aliphatic hydroxyl groups is 1. The summed E-state index contributed by atoms with van der Waals surface area (Å²) in [7, 11) is 0. The summed E-state index contributed by atoms with van der Waals surface area (Å²) in [6.07, 6.45) is 3.86. The van der Waals surface area contributed by atoms with Gasteiger partial charge in [-0.15, -0.1) is 0 Å². The lowest BCUT2D eigenvalue weighted by atomic mass is 9.95. The van der Waals surface area contributed by atoms with E-state index >= 15 is 0 Å². The van der Waals surface area contributed by atoms with E-state index in [-0.39, 0.29) is 6.61 Å². The Morgan fingerprint density at radius 2 is 2.29 bits per heavy atom. The molecule has 1 aromatic rings. The highest BCUT2D eigenvalue weighted by molar-refractivity contribution is 9.10. The molecular weight excluding hydrogens is 278 g/mol. The Morgan fingerprint density at radius 1 is 1.47 bits per heavy atom. The maximum Gasteiger partial charge on any atom is 0.0702 e. The molecule has 1 saturated heterocycles. The molecular formula is C14H20BrNO. The molecule has 0 bridgehead atoms. The van der Waals surface area contributed by atoms with Crippen LogP contribution in [0.5, 0.6) is 0 Å². The molecule has 1 atom stereocenters. The van der Waals surface area contributed by atoms with Gasteiger partial charge in [-0.3, -0.25) is 0 Å². The van der Waals surface area contributed by atoms with Crippen LogP contribution in [-0.2, 0) is 6.61 Å². The van der Waals surface area contributed by atoms with E-state index in [0.717, 1.165) is 29.0 Å². The summed E-state index contributed by atoms with van der Waals surface area (Å²) in [5.41, 5.74) is 2.23. The average Bonchev–Trinajstić information content (AvgIpc) is 2.38. The molecule has 1 unspecified atom stereocenters. The molecule has 94 valence electrons. The van der Waals surface area contributed by atoms with Crippen LogP contribution < -0.4 is 4.90 Å². The predicted octanol–water partition coefficient (Wildman–Crippen LogP) is 3.57. The largest absolute Gasteiger partial charge is 0.392 e. The summed E-state index contributed by atoms with van der Waals surface area (Å²) in [5.74, 6) is 0.805. The third-order valence-corrected chi connectivity index (χ3v) is 4.14. The van der Waals surface area contributed by atoms with Crippen LogP contribution in [0.2, 0.25) is 0 Å². The topological polar surface area (TPSA) is 23.5 Å². The van der Waals surface area contributed by atoms with Crippen molar-refractivity contribution < 1.29 is 5.11 Å². The van der Waals surface area contributed by atoms with Gasteiger partial charge < -0.3 is 10.0 Å². The summed E-state index contributed by atoms with van der Waals surface area (Å²) in [6, 6.07) is 6.20. The molecule has 1 aliphatic rings. The third-order valence-electron chi connectivity index (χ3n) is 3.65. The van der Waals surface area contributed by atoms with Crippen LogP contribution in [-0.4, -0.2) is 18.2 Å². The van der Waals surface area contributed by atoms with Crippen LogP contribution in [0.15, 0.2) is 22.7 Å². The van der Waals surface area contributed by atoms with E-state index in [2.05, 4.69) is 39.9 Å². The van der Waals surface area contributed by atoms with Crippen molar-refractivity contribution in [2.45, 2.75) is 32.8 Å². The van der Waals surface area contributed by atoms with E-state index < -0.39 is 0 Å². The lowest BCUT2D eigenvalue weighted by Gasteiger charge is -2.35. The van der Waals surface area contributed by atoms with E-state index in [1.807, 2.05) is 6.07 Å². The van der Waals surface area contributed by atoms with Crippen molar-refractivity contribution in [1.29, 1.82) is 0 Å². The zero-order valence-electron chi connectivity index (χ0n) is 10.3. The minimum absolute atomic E-state index is 0.113. The Balaban J connectivity index is 2.20. The summed E-state index contributed by atoms with van der Waals surface area (Å²) >= 11 is 3.46. The number of aliphatic hydroxyl groups excluding tert-OH is 1. The van der Waals surface area contributed by atoms with Gasteiger partial charge in [-0.25, -0.2) is 0 Å². The Morgan fingerprint density at radius 3 is 3.00 bits per heavy atom. The van der Waals surface area contributed by atoms with Gasteiger partial charge in [-0.2, -0.15) is 0 Å². The summed E-state index contributed by atoms with van der Waals surface area (Å²) in [6.45, 7) is 4.63. The Labute approximate surface area is 112 Å². The molecule has 3 heteroatoms. The zero-order valence-corrected chi connectivity index (χ0v) is 11.9. The molecule has 1 heterocycles. The molecule has 1 aromatic carbocycles. The highest BCUT2D eigenvalue weighted by Crippen LogP contribution is 2.29. The molecule has 0 aromatic heterocycles. The van der Waals surface area contributed by atoms with E-state index in [9.17, 15) is 5.11 Å². The fourth-order valence-electron chi connectivity index (χ4n) is 2.61. The first-order valence-corrected chi connectivity index (χ1v) is 7.18. The van der Waals surface area contributed by atoms with Crippen LogP contribution in [0.1, 0.15) is 31.7 Å². The van der Waals surface area contributed by atoms with Crippen LogP contribution in [0.3, 0.4) is 0 Å². The number of hydrogen-bond acceptors (Lipinski definition) is 2. The molecule has 0 spiro atoms. The van der Waals surface area contributed by atoms with E-state index in [1.54, 1.807) is 0 Å². The standard InChI is InChI=1S/C14H20BrNO/c1-2-11-4-3-7-16(9-11)14-6-5-13(15)8-12(14)10-17/h5-6,8,11,17H,2-4,7,9-10H2,1H3. The smallest absolute Gasteiger partial charge is 0.0702 e. The fourth-order valence-corrected chi connectivity index (χ4v) is 3.01. The highest BCUT2D eigenvalue weighted by Gasteiger charge is 2.20. The lowest BCUT2D eigenvalue weighted by molar-refractivity contribution is 0.281. The summed E-state index contributed by atoms with van der Waals surface area (Å²) in [4.78, 5) is 2.43. The second kappa shape index (κ2) is 5.87. The van der Waals surface area contributed by atoms with Gasteiger partial charge >= 0.3 is 0 Å². The maximum atomic E-state index is 9.45. The molecule has 2 rings (SSSR count). The number of rotatable bonds is 3. The predicted molar refractivity (Wildman–Crippen MR) is 75.3 cm³/mol. The van der Waals surface area contributed by atoms with Gasteiger partial charge in [0.15, 0.2) is 0 Å². The van der Waals surface area contributed by atoms with Crippen LogP contribution in [0, 0.1) is 5.92 Å². The summed E-state index contributed by atoms with van der Waals surface area (Å²) < 4.78 is 1.04. The Bertz CT molecular complexity index is 380. The van der Waals surface area contributed by atoms with Gasteiger partial charge in [0.2, 0.25) is 0 Å². The zero-order chi connectivity index (χ0) is 12.3. The van der Waals surface area contributed by atoms with Crippen molar-refractivity contribution in [3.05, 3.63) is 28.2 Å². The van der Waals surface area contributed by atoms with Gasteiger partial charge in [0, 0.05) is 28.8 Å². The minimum Gasteiger partial charge on any atom is -0.392 e. The molecule has 1 aliphatic heterocycles. The van der Waals surface area contributed by atoms with E-state index in [4.69, 9.17) is 0 Å². The summed E-state index contributed by atoms with van der Waals surface area (Å²) in [5, 5.41) is 9.45. The second-order valence-corrected chi connectivity index (χ2v) is 5.71. The number of halogens is 1. The van der Waals surface area contributed by atoms with E-state index in [1.165, 1.54) is 24.9 Å². The molecule has 0 aliphatic carbocycles. The average molecular weight is 298 g/mol. The van der Waals surface area contributed by atoms with Gasteiger partial charge in [0.05, 0.1) is 6.61 Å². The first-order valence-electron chi connectivity index (χ1n) is 6.38. The van der Waals surface area contributed by atoms with Crippen molar-refractivity contribution >= 4 is 21.6 Å². The number of benzene rings is 1. The quantitative estimate of drug-likeness (QED) is 0.922. The van der Waals surface area contributed by atoms with Crippen molar-refractivity contribution in [1.82, 2.24) is 0 Å². The molecule has 1 fully saturated rings. The van der Waals surface area contributed by atoms with Gasteiger partial charge in [-0.1, -0.05) is 29.3 Å². The van der Waals surface area contributed by atoms with Crippen molar-refractivity contribution in [3.63, 3.8) is 0 Å². The lowest BCUT2D eigenvalue weighted by Crippen LogP contribution is -2.35. The van der Waals surface area contributed by atoms with Crippen LogP contribution in [0.4, 0.5) is 5.69 Å². The van der Waals surface area contributed by atoms with Crippen molar-refractivity contribution in [2.24, 2.45) is 5.92 Å². The second-order valence-electron chi connectivity index (χ2n) is 4.79. The Hall–Kier alpha value is -0.540. The third kappa shape index (κ3) is 3.02. The number of piperidine rings is 1. The monoisotopic (exact) mass is 297 g/mol. The van der Waals surface area contributed by atoms with Gasteiger partial charge in [0.25, 0.3) is 0 Å². The first-order chi connectivity index (χ1) is 8.24. The molecule has 17 heavy (non-hydrogen) atoms. The molecule has 2 nitrogen and oxygen atoms in total. The van der Waals surface area contributed by atoms with Gasteiger partial charge in [-0.05, 0) is 37.0 Å². The van der Waals surface area contributed by atoms with Crippen LogP contribution in [0.25, 0.3) is 0 Å². The molecule has 1 N–H and O–H groups in total. The minimum atomic E-state index is 0.113. The Kier molecular flexibility index (Phi) is 4.46. The molecule has 0 saturated carbocycles. The number of nitrogens with zero attached hydrogens (tertiary/aromatic N) is 1. The molecule has 0 radical (unpaired) electrons. The normalized spacial score (nSPS) is 20.6. The number of anilines is 1. The van der Waals surface area contributed by atoms with Crippen molar-refractivity contribution in [2.75, 3.05) is 18.0 Å². The highest BCUT2D eigenvalue weighted by atomic mass is 79.9.